The topological polar surface area (TPSA) is 82.9 Å². The summed E-state index contributed by atoms with van der Waals surface area (Å²) in [5, 5.41) is 14.4. The van der Waals surface area contributed by atoms with E-state index in [2.05, 4.69) is 5.32 Å². The molecule has 178 valence electrons. The summed E-state index contributed by atoms with van der Waals surface area (Å²) in [6.07, 6.45) is 3.47. The molecule has 0 radical (unpaired) electrons. The maximum atomic E-state index is 14.3. The van der Waals surface area contributed by atoms with Crippen LogP contribution < -0.4 is 5.32 Å². The van der Waals surface area contributed by atoms with Gasteiger partial charge in [0.2, 0.25) is 5.82 Å². The number of nitro groups is 1. The third kappa shape index (κ3) is 7.35. The Labute approximate surface area is 193 Å². The van der Waals surface area contributed by atoms with E-state index in [1.165, 1.54) is 6.07 Å². The molecule has 1 fully saturated rings. The molecule has 0 aliphatic carbocycles. The highest BCUT2D eigenvalue weighted by molar-refractivity contribution is 5.70. The molecule has 1 unspecified atom stereocenters. The normalized spacial score (nSPS) is 18.0. The first-order valence-electron chi connectivity index (χ1n) is 10.9. The van der Waals surface area contributed by atoms with Crippen molar-refractivity contribution in [3.8, 4) is 0 Å². The van der Waals surface area contributed by atoms with Gasteiger partial charge in [-0.15, -0.1) is 0 Å². The van der Waals surface area contributed by atoms with E-state index in [4.69, 9.17) is 14.2 Å². The van der Waals surface area contributed by atoms with Crippen LogP contribution >= 0.6 is 0 Å². The second-order valence-corrected chi connectivity index (χ2v) is 9.28. The Hall–Kier alpha value is -2.81. The van der Waals surface area contributed by atoms with Crippen LogP contribution in [0.15, 0.2) is 48.5 Å². The second kappa shape index (κ2) is 10.4. The third-order valence-corrected chi connectivity index (χ3v) is 5.20. The fourth-order valence-corrected chi connectivity index (χ4v) is 3.47. The first kappa shape index (κ1) is 24.8. The van der Waals surface area contributed by atoms with E-state index in [0.717, 1.165) is 11.6 Å². The molecular weight excluding hydrogens is 427 g/mol. The van der Waals surface area contributed by atoms with Gasteiger partial charge in [-0.25, -0.2) is 0 Å². The van der Waals surface area contributed by atoms with Crippen LogP contribution in [-0.2, 0) is 20.8 Å². The zero-order valence-corrected chi connectivity index (χ0v) is 19.5. The van der Waals surface area contributed by atoms with Gasteiger partial charge in [-0.1, -0.05) is 56.3 Å². The number of hydrogen-bond acceptors (Lipinski definition) is 6. The molecule has 33 heavy (non-hydrogen) atoms. The molecule has 1 aliphatic rings. The Morgan fingerprint density at radius 2 is 2.03 bits per heavy atom. The molecule has 0 bridgehead atoms. The van der Waals surface area contributed by atoms with Crippen LogP contribution in [0.25, 0.3) is 6.08 Å². The predicted molar refractivity (Wildman–Crippen MR) is 125 cm³/mol. The van der Waals surface area contributed by atoms with Crippen molar-refractivity contribution in [2.75, 3.05) is 25.1 Å². The average Bonchev–Trinajstić information content (AvgIpc) is 3.10. The summed E-state index contributed by atoms with van der Waals surface area (Å²) < 4.78 is 31.5. The van der Waals surface area contributed by atoms with Gasteiger partial charge < -0.3 is 19.5 Å². The summed E-state index contributed by atoms with van der Waals surface area (Å²) in [6, 6.07) is 12.3. The minimum Gasteiger partial charge on any atom is -0.382 e. The van der Waals surface area contributed by atoms with Crippen molar-refractivity contribution in [3.05, 3.63) is 75.6 Å². The van der Waals surface area contributed by atoms with Gasteiger partial charge in [-0.2, -0.15) is 4.39 Å². The number of ether oxygens (including phenoxy) is 3. The maximum absolute atomic E-state index is 14.3. The second-order valence-electron chi connectivity index (χ2n) is 9.28. The van der Waals surface area contributed by atoms with Gasteiger partial charge in [0.1, 0.15) is 6.10 Å². The fourth-order valence-electron chi connectivity index (χ4n) is 3.47. The molecule has 2 aromatic rings. The molecule has 0 aromatic heterocycles. The largest absolute Gasteiger partial charge is 0.382 e. The lowest BCUT2D eigenvalue weighted by molar-refractivity contribution is -0.387. The van der Waals surface area contributed by atoms with Crippen LogP contribution in [0.5, 0.6) is 0 Å². The molecule has 1 aliphatic heterocycles. The molecule has 0 spiro atoms. The number of nitrogens with zero attached hydrogens (tertiary/aromatic N) is 1. The molecule has 7 nitrogen and oxygen atoms in total. The van der Waals surface area contributed by atoms with Crippen molar-refractivity contribution < 1.29 is 23.5 Å². The highest BCUT2D eigenvalue weighted by Crippen LogP contribution is 2.30. The Morgan fingerprint density at radius 1 is 1.30 bits per heavy atom. The van der Waals surface area contributed by atoms with E-state index < -0.39 is 22.2 Å². The minimum absolute atomic E-state index is 0.210. The monoisotopic (exact) mass is 458 g/mol. The van der Waals surface area contributed by atoms with E-state index >= 15 is 0 Å². The lowest BCUT2D eigenvalue weighted by Gasteiger charge is -2.21. The van der Waals surface area contributed by atoms with E-state index in [9.17, 15) is 14.5 Å². The smallest absolute Gasteiger partial charge is 0.305 e. The number of nitrogens with one attached hydrogen (secondary N) is 1. The van der Waals surface area contributed by atoms with E-state index in [1.54, 1.807) is 6.08 Å². The predicted octanol–water partition coefficient (Wildman–Crippen LogP) is 5.55. The lowest BCUT2D eigenvalue weighted by atomic mass is 9.93. The number of benzene rings is 2. The van der Waals surface area contributed by atoms with Crippen LogP contribution in [0.4, 0.5) is 15.8 Å². The number of nitro benzene ring substituents is 1. The van der Waals surface area contributed by atoms with Crippen LogP contribution in [-0.4, -0.2) is 36.6 Å². The minimum atomic E-state index is -0.894. The number of rotatable bonds is 10. The molecule has 1 saturated heterocycles. The lowest BCUT2D eigenvalue weighted by Crippen LogP contribution is -2.26. The molecular formula is C25H31FN2O5. The molecule has 0 amide bonds. The summed E-state index contributed by atoms with van der Waals surface area (Å²) in [5.74, 6) is -1.56. The highest BCUT2D eigenvalue weighted by Gasteiger charge is 2.32. The van der Waals surface area contributed by atoms with Gasteiger partial charge in [-0.3, -0.25) is 10.1 Å². The van der Waals surface area contributed by atoms with E-state index in [-0.39, 0.29) is 11.5 Å². The SMILES string of the molecule is CC(C)(C=Cc1cc([N+](=O)[O-])c(F)cc1NCC1COC(C)(C)O1)COCc1ccccc1. The van der Waals surface area contributed by atoms with Crippen LogP contribution in [0.3, 0.4) is 0 Å². The van der Waals surface area contributed by atoms with Crippen molar-refractivity contribution in [1.82, 2.24) is 0 Å². The number of hydrogen-bond donors (Lipinski definition) is 1. The summed E-state index contributed by atoms with van der Waals surface area (Å²) >= 11 is 0. The van der Waals surface area contributed by atoms with Crippen LogP contribution in [0, 0.1) is 21.3 Å². The van der Waals surface area contributed by atoms with E-state index in [0.29, 0.717) is 37.6 Å². The molecule has 3 rings (SSSR count). The van der Waals surface area contributed by atoms with Crippen LogP contribution in [0.2, 0.25) is 0 Å². The maximum Gasteiger partial charge on any atom is 0.305 e. The first-order chi connectivity index (χ1) is 15.5. The van der Waals surface area contributed by atoms with Crippen molar-refractivity contribution in [2.24, 2.45) is 5.41 Å². The molecule has 1 atom stereocenters. The zero-order chi connectivity index (χ0) is 24.1. The summed E-state index contributed by atoms with van der Waals surface area (Å²) in [6.45, 7) is 9.40. The first-order valence-corrected chi connectivity index (χ1v) is 10.9. The molecule has 1 heterocycles. The molecule has 8 heteroatoms. The summed E-state index contributed by atoms with van der Waals surface area (Å²) in [4.78, 5) is 10.5. The highest BCUT2D eigenvalue weighted by atomic mass is 19.1. The fraction of sp³-hybridized carbons (Fsp3) is 0.440. The quantitative estimate of drug-likeness (QED) is 0.371. The van der Waals surface area contributed by atoms with E-state index in [1.807, 2.05) is 64.1 Å². The number of anilines is 1. The summed E-state index contributed by atoms with van der Waals surface area (Å²) in [5.41, 5.74) is 1.13. The molecule has 1 N–H and O–H groups in total. The standard InChI is InChI=1S/C25H31FN2O5/c1-24(2,17-31-15-18-8-6-5-7-9-18)11-10-19-12-23(28(29)30)21(26)13-22(19)27-14-20-16-32-25(3,4)33-20/h5-13,20,27H,14-17H2,1-4H3. The Bertz CT molecular complexity index is 992. The molecule has 0 saturated carbocycles. The summed E-state index contributed by atoms with van der Waals surface area (Å²) in [7, 11) is 0. The van der Waals surface area contributed by atoms with Gasteiger partial charge >= 0.3 is 5.69 Å². The third-order valence-electron chi connectivity index (χ3n) is 5.20. The van der Waals surface area contributed by atoms with Crippen molar-refractivity contribution >= 4 is 17.5 Å². The zero-order valence-electron chi connectivity index (χ0n) is 19.5. The Kier molecular flexibility index (Phi) is 7.84. The van der Waals surface area contributed by atoms with Gasteiger partial charge in [-0.05, 0) is 19.4 Å². The average molecular weight is 459 g/mol. The van der Waals surface area contributed by atoms with Gasteiger partial charge in [0.15, 0.2) is 5.79 Å². The van der Waals surface area contributed by atoms with Gasteiger partial charge in [0.25, 0.3) is 0 Å². The Morgan fingerprint density at radius 3 is 2.67 bits per heavy atom. The molecule has 2 aromatic carbocycles. The van der Waals surface area contributed by atoms with Crippen molar-refractivity contribution in [1.29, 1.82) is 0 Å². The van der Waals surface area contributed by atoms with Gasteiger partial charge in [0, 0.05) is 35.3 Å². The number of halogens is 1. The van der Waals surface area contributed by atoms with Gasteiger partial charge in [0.05, 0.1) is 24.7 Å². The Balaban J connectivity index is 1.71. The van der Waals surface area contributed by atoms with Crippen molar-refractivity contribution in [3.63, 3.8) is 0 Å². The van der Waals surface area contributed by atoms with Crippen molar-refractivity contribution in [2.45, 2.75) is 46.2 Å². The van der Waals surface area contributed by atoms with Crippen LogP contribution in [0.1, 0.15) is 38.8 Å².